The van der Waals surface area contributed by atoms with E-state index in [-0.39, 0.29) is 5.41 Å². The third kappa shape index (κ3) is 4.55. The first-order valence-electron chi connectivity index (χ1n) is 6.84. The summed E-state index contributed by atoms with van der Waals surface area (Å²) in [7, 11) is 0. The Hall–Kier alpha value is -0.0400. The lowest BCUT2D eigenvalue weighted by atomic mass is 9.80. The Morgan fingerprint density at radius 3 is 2.20 bits per heavy atom. The van der Waals surface area contributed by atoms with Gasteiger partial charge < -0.3 is 5.11 Å². The van der Waals surface area contributed by atoms with Crippen LogP contribution < -0.4 is 0 Å². The van der Waals surface area contributed by atoms with Crippen LogP contribution in [0.15, 0.2) is 0 Å². The smallest absolute Gasteiger partial charge is 0.0487 e. The van der Waals surface area contributed by atoms with E-state index in [1.165, 1.54) is 57.8 Å². The molecular formula is C14H28O. The van der Waals surface area contributed by atoms with E-state index < -0.39 is 0 Å². The lowest BCUT2D eigenvalue weighted by Gasteiger charge is -2.27. The monoisotopic (exact) mass is 212 g/mol. The fourth-order valence-corrected chi connectivity index (χ4v) is 2.50. The standard InChI is InChI=1S/C14H28O/c1-3-4-5-6-7-8-11-14(2,12-15)13-9-10-13/h13,15H,3-12H2,1-2H3. The Labute approximate surface area is 95.3 Å². The molecule has 0 aromatic carbocycles. The molecule has 0 heterocycles. The van der Waals surface area contributed by atoms with Gasteiger partial charge in [0.15, 0.2) is 0 Å². The molecule has 0 aromatic rings. The van der Waals surface area contributed by atoms with Crippen molar-refractivity contribution in [3.63, 3.8) is 0 Å². The maximum absolute atomic E-state index is 9.44. The average Bonchev–Trinajstić information content (AvgIpc) is 3.07. The number of aliphatic hydroxyl groups excluding tert-OH is 1. The highest BCUT2D eigenvalue weighted by Crippen LogP contribution is 2.48. The summed E-state index contributed by atoms with van der Waals surface area (Å²) in [5.74, 6) is 0.832. The van der Waals surface area contributed by atoms with Crippen molar-refractivity contribution in [1.29, 1.82) is 0 Å². The third-order valence-electron chi connectivity index (χ3n) is 4.03. The van der Waals surface area contributed by atoms with E-state index in [0.717, 1.165) is 5.92 Å². The van der Waals surface area contributed by atoms with E-state index >= 15 is 0 Å². The van der Waals surface area contributed by atoms with E-state index in [1.54, 1.807) is 0 Å². The van der Waals surface area contributed by atoms with Crippen LogP contribution in [0.2, 0.25) is 0 Å². The molecule has 0 radical (unpaired) electrons. The van der Waals surface area contributed by atoms with Gasteiger partial charge in [-0.05, 0) is 30.6 Å². The molecule has 1 rings (SSSR count). The average molecular weight is 212 g/mol. The fourth-order valence-electron chi connectivity index (χ4n) is 2.50. The zero-order valence-electron chi connectivity index (χ0n) is 10.6. The molecule has 1 fully saturated rings. The predicted octanol–water partition coefficient (Wildman–Crippen LogP) is 4.15. The molecule has 15 heavy (non-hydrogen) atoms. The zero-order chi connectivity index (χ0) is 11.1. The first-order valence-corrected chi connectivity index (χ1v) is 6.84. The summed E-state index contributed by atoms with van der Waals surface area (Å²) in [5, 5.41) is 9.44. The first-order chi connectivity index (χ1) is 7.23. The summed E-state index contributed by atoms with van der Waals surface area (Å²) < 4.78 is 0. The fraction of sp³-hybridized carbons (Fsp3) is 1.00. The normalized spacial score (nSPS) is 20.2. The Morgan fingerprint density at radius 1 is 1.07 bits per heavy atom. The lowest BCUT2D eigenvalue weighted by Crippen LogP contribution is -2.23. The summed E-state index contributed by atoms with van der Waals surface area (Å²) >= 11 is 0. The molecule has 1 atom stereocenters. The van der Waals surface area contributed by atoms with Gasteiger partial charge in [-0.25, -0.2) is 0 Å². The summed E-state index contributed by atoms with van der Waals surface area (Å²) in [5.41, 5.74) is 0.255. The van der Waals surface area contributed by atoms with Crippen LogP contribution in [0.3, 0.4) is 0 Å². The van der Waals surface area contributed by atoms with Crippen molar-refractivity contribution in [2.45, 2.75) is 71.6 Å². The Morgan fingerprint density at radius 2 is 1.67 bits per heavy atom. The van der Waals surface area contributed by atoms with Crippen LogP contribution in [-0.4, -0.2) is 11.7 Å². The van der Waals surface area contributed by atoms with Gasteiger partial charge in [-0.3, -0.25) is 0 Å². The molecule has 0 spiro atoms. The number of rotatable bonds is 9. The second-order valence-corrected chi connectivity index (χ2v) is 5.60. The van der Waals surface area contributed by atoms with E-state index in [9.17, 15) is 5.11 Å². The molecule has 1 nitrogen and oxygen atoms in total. The van der Waals surface area contributed by atoms with Crippen molar-refractivity contribution in [1.82, 2.24) is 0 Å². The van der Waals surface area contributed by atoms with Gasteiger partial charge in [-0.15, -0.1) is 0 Å². The zero-order valence-corrected chi connectivity index (χ0v) is 10.6. The topological polar surface area (TPSA) is 20.2 Å². The number of aliphatic hydroxyl groups is 1. The minimum Gasteiger partial charge on any atom is -0.396 e. The predicted molar refractivity (Wildman–Crippen MR) is 65.9 cm³/mol. The highest BCUT2D eigenvalue weighted by molar-refractivity contribution is 4.90. The van der Waals surface area contributed by atoms with Crippen molar-refractivity contribution in [3.8, 4) is 0 Å². The SMILES string of the molecule is CCCCCCCCC(C)(CO)C1CC1. The molecule has 1 unspecified atom stereocenters. The number of hydrogen-bond donors (Lipinski definition) is 1. The molecule has 1 heteroatoms. The third-order valence-corrected chi connectivity index (χ3v) is 4.03. The van der Waals surface area contributed by atoms with E-state index in [1.807, 2.05) is 0 Å². The largest absolute Gasteiger partial charge is 0.396 e. The molecule has 1 N–H and O–H groups in total. The van der Waals surface area contributed by atoms with Crippen LogP contribution in [0.1, 0.15) is 71.6 Å². The van der Waals surface area contributed by atoms with Crippen molar-refractivity contribution in [3.05, 3.63) is 0 Å². The van der Waals surface area contributed by atoms with Gasteiger partial charge in [0.25, 0.3) is 0 Å². The van der Waals surface area contributed by atoms with Crippen LogP contribution >= 0.6 is 0 Å². The summed E-state index contributed by atoms with van der Waals surface area (Å²) in [6, 6.07) is 0. The van der Waals surface area contributed by atoms with E-state index in [2.05, 4.69) is 13.8 Å². The summed E-state index contributed by atoms with van der Waals surface area (Å²) in [4.78, 5) is 0. The Bertz CT molecular complexity index is 163. The number of hydrogen-bond acceptors (Lipinski definition) is 1. The van der Waals surface area contributed by atoms with E-state index in [4.69, 9.17) is 0 Å². The highest BCUT2D eigenvalue weighted by Gasteiger charge is 2.40. The molecule has 0 aliphatic heterocycles. The minimum absolute atomic E-state index is 0.255. The maximum atomic E-state index is 9.44. The van der Waals surface area contributed by atoms with Crippen LogP contribution in [-0.2, 0) is 0 Å². The van der Waals surface area contributed by atoms with Gasteiger partial charge in [0.2, 0.25) is 0 Å². The lowest BCUT2D eigenvalue weighted by molar-refractivity contribution is 0.107. The van der Waals surface area contributed by atoms with E-state index in [0.29, 0.717) is 6.61 Å². The summed E-state index contributed by atoms with van der Waals surface area (Å²) in [6.45, 7) is 4.93. The molecule has 1 saturated carbocycles. The molecule has 0 amide bonds. The van der Waals surface area contributed by atoms with Gasteiger partial charge in [-0.1, -0.05) is 52.4 Å². The van der Waals surface area contributed by atoms with Gasteiger partial charge in [0.1, 0.15) is 0 Å². The molecule has 0 saturated heterocycles. The van der Waals surface area contributed by atoms with Crippen molar-refractivity contribution >= 4 is 0 Å². The maximum Gasteiger partial charge on any atom is 0.0487 e. The van der Waals surface area contributed by atoms with Crippen LogP contribution in [0.25, 0.3) is 0 Å². The van der Waals surface area contributed by atoms with Crippen LogP contribution in [0.5, 0.6) is 0 Å². The van der Waals surface area contributed by atoms with Gasteiger partial charge in [-0.2, -0.15) is 0 Å². The second-order valence-electron chi connectivity index (χ2n) is 5.60. The molecule has 0 aromatic heterocycles. The molecule has 0 bridgehead atoms. The van der Waals surface area contributed by atoms with Crippen molar-refractivity contribution < 1.29 is 5.11 Å². The second kappa shape index (κ2) is 6.52. The summed E-state index contributed by atoms with van der Waals surface area (Å²) in [6.07, 6.45) is 12.1. The minimum atomic E-state index is 0.255. The first kappa shape index (κ1) is 13.0. The van der Waals surface area contributed by atoms with Crippen LogP contribution in [0, 0.1) is 11.3 Å². The quantitative estimate of drug-likeness (QED) is 0.569. The number of unbranched alkanes of at least 4 members (excludes halogenated alkanes) is 5. The molecule has 1 aliphatic carbocycles. The Kier molecular flexibility index (Phi) is 5.66. The van der Waals surface area contributed by atoms with Crippen LogP contribution in [0.4, 0.5) is 0 Å². The molecule has 1 aliphatic rings. The molecule has 90 valence electrons. The van der Waals surface area contributed by atoms with Gasteiger partial charge in [0, 0.05) is 6.61 Å². The van der Waals surface area contributed by atoms with Crippen molar-refractivity contribution in [2.24, 2.45) is 11.3 Å². The Balaban J connectivity index is 2.02. The highest BCUT2D eigenvalue weighted by atomic mass is 16.3. The van der Waals surface area contributed by atoms with Gasteiger partial charge in [0.05, 0.1) is 0 Å². The molecular weight excluding hydrogens is 184 g/mol. The van der Waals surface area contributed by atoms with Crippen molar-refractivity contribution in [2.75, 3.05) is 6.61 Å². The van der Waals surface area contributed by atoms with Gasteiger partial charge >= 0.3 is 0 Å².